The number of nitrogens with zero attached hydrogens (tertiary/aromatic N) is 1. The Balaban J connectivity index is 2.26. The van der Waals surface area contributed by atoms with Crippen LogP contribution in [-0.4, -0.2) is 9.97 Å². The summed E-state index contributed by atoms with van der Waals surface area (Å²) in [6.45, 7) is 1.73. The smallest absolute Gasteiger partial charge is 0.141 e. The van der Waals surface area contributed by atoms with Crippen molar-refractivity contribution in [3.8, 4) is 11.4 Å². The summed E-state index contributed by atoms with van der Waals surface area (Å²) < 4.78 is 14.0. The maximum absolute atomic E-state index is 14.0. The van der Waals surface area contributed by atoms with Crippen LogP contribution in [0.5, 0.6) is 0 Å². The lowest BCUT2D eigenvalue weighted by Gasteiger charge is -2.01. The van der Waals surface area contributed by atoms with Gasteiger partial charge in [0.1, 0.15) is 17.2 Å². The van der Waals surface area contributed by atoms with Crippen LogP contribution in [0, 0.1) is 12.7 Å². The van der Waals surface area contributed by atoms with Crippen LogP contribution in [0.4, 0.5) is 4.39 Å². The summed E-state index contributed by atoms with van der Waals surface area (Å²) in [5, 5.41) is 0.558. The zero-order valence-corrected chi connectivity index (χ0v) is 10.4. The first kappa shape index (κ1) is 11.2. The molecule has 3 aromatic rings. The number of benzene rings is 2. The molecule has 0 fully saturated rings. The van der Waals surface area contributed by atoms with Gasteiger partial charge in [-0.05, 0) is 30.7 Å². The van der Waals surface area contributed by atoms with Gasteiger partial charge in [0.15, 0.2) is 0 Å². The number of H-pyrrole nitrogens is 1. The van der Waals surface area contributed by atoms with E-state index < -0.39 is 0 Å². The van der Waals surface area contributed by atoms with E-state index in [4.69, 9.17) is 11.6 Å². The molecule has 0 amide bonds. The SMILES string of the molecule is Cc1cccc(-c2nc3c(Cl)cccc3[nH]2)c1F. The van der Waals surface area contributed by atoms with Gasteiger partial charge in [-0.25, -0.2) is 9.37 Å². The van der Waals surface area contributed by atoms with Gasteiger partial charge in [0, 0.05) is 0 Å². The number of hydrogen-bond donors (Lipinski definition) is 1. The minimum atomic E-state index is -0.257. The normalized spacial score (nSPS) is 11.1. The zero-order chi connectivity index (χ0) is 12.7. The highest BCUT2D eigenvalue weighted by Gasteiger charge is 2.12. The van der Waals surface area contributed by atoms with Gasteiger partial charge in [0.25, 0.3) is 0 Å². The average molecular weight is 261 g/mol. The highest BCUT2D eigenvalue weighted by Crippen LogP contribution is 2.27. The summed E-state index contributed by atoms with van der Waals surface area (Å²) in [7, 11) is 0. The third-order valence-electron chi connectivity index (χ3n) is 2.91. The molecule has 0 unspecified atom stereocenters. The largest absolute Gasteiger partial charge is 0.338 e. The minimum Gasteiger partial charge on any atom is -0.338 e. The summed E-state index contributed by atoms with van der Waals surface area (Å²) >= 11 is 6.05. The average Bonchev–Trinajstić information content (AvgIpc) is 2.78. The Morgan fingerprint density at radius 1 is 1.17 bits per heavy atom. The second-order valence-corrected chi connectivity index (χ2v) is 4.57. The highest BCUT2D eigenvalue weighted by atomic mass is 35.5. The Bertz CT molecular complexity index is 734. The molecule has 0 spiro atoms. The van der Waals surface area contributed by atoms with Gasteiger partial charge in [0.05, 0.1) is 16.1 Å². The fourth-order valence-electron chi connectivity index (χ4n) is 1.96. The van der Waals surface area contributed by atoms with Crippen LogP contribution in [-0.2, 0) is 0 Å². The van der Waals surface area contributed by atoms with Gasteiger partial charge in [-0.3, -0.25) is 0 Å². The van der Waals surface area contributed by atoms with Crippen molar-refractivity contribution in [1.29, 1.82) is 0 Å². The van der Waals surface area contributed by atoms with Gasteiger partial charge in [-0.1, -0.05) is 29.8 Å². The van der Waals surface area contributed by atoms with Crippen LogP contribution >= 0.6 is 11.6 Å². The quantitative estimate of drug-likeness (QED) is 0.693. The van der Waals surface area contributed by atoms with E-state index in [0.29, 0.717) is 27.5 Å². The van der Waals surface area contributed by atoms with Crippen LogP contribution in [0.1, 0.15) is 5.56 Å². The van der Waals surface area contributed by atoms with Crippen molar-refractivity contribution >= 4 is 22.6 Å². The van der Waals surface area contributed by atoms with Crippen LogP contribution in [0.15, 0.2) is 36.4 Å². The number of fused-ring (bicyclic) bond motifs is 1. The van der Waals surface area contributed by atoms with Crippen molar-refractivity contribution in [2.75, 3.05) is 0 Å². The molecule has 1 N–H and O–H groups in total. The number of nitrogens with one attached hydrogen (secondary N) is 1. The molecular weight excluding hydrogens is 251 g/mol. The van der Waals surface area contributed by atoms with Crippen molar-refractivity contribution in [1.82, 2.24) is 9.97 Å². The van der Waals surface area contributed by atoms with E-state index in [2.05, 4.69) is 9.97 Å². The number of hydrogen-bond acceptors (Lipinski definition) is 1. The summed E-state index contributed by atoms with van der Waals surface area (Å²) in [5.41, 5.74) is 2.52. The molecule has 0 atom stereocenters. The first-order valence-electron chi connectivity index (χ1n) is 5.56. The first-order chi connectivity index (χ1) is 8.66. The van der Waals surface area contributed by atoms with Crippen molar-refractivity contribution < 1.29 is 4.39 Å². The number of halogens is 2. The summed E-state index contributed by atoms with van der Waals surface area (Å²) in [6, 6.07) is 10.7. The van der Waals surface area contributed by atoms with Crippen molar-refractivity contribution in [3.05, 3.63) is 52.8 Å². The summed E-state index contributed by atoms with van der Waals surface area (Å²) in [4.78, 5) is 7.44. The maximum Gasteiger partial charge on any atom is 0.141 e. The van der Waals surface area contributed by atoms with Crippen molar-refractivity contribution in [2.24, 2.45) is 0 Å². The summed E-state index contributed by atoms with van der Waals surface area (Å²) in [6.07, 6.45) is 0. The molecule has 0 bridgehead atoms. The fourth-order valence-corrected chi connectivity index (χ4v) is 2.17. The molecule has 0 saturated heterocycles. The molecule has 1 heterocycles. The Kier molecular flexibility index (Phi) is 2.56. The molecule has 0 saturated carbocycles. The van der Waals surface area contributed by atoms with Crippen molar-refractivity contribution in [2.45, 2.75) is 6.92 Å². The molecule has 4 heteroatoms. The third kappa shape index (κ3) is 1.68. The van der Waals surface area contributed by atoms with Gasteiger partial charge in [0.2, 0.25) is 0 Å². The second kappa shape index (κ2) is 4.10. The maximum atomic E-state index is 14.0. The van der Waals surface area contributed by atoms with E-state index in [-0.39, 0.29) is 5.82 Å². The Morgan fingerprint density at radius 3 is 2.72 bits per heavy atom. The van der Waals surface area contributed by atoms with E-state index in [9.17, 15) is 4.39 Å². The number of aromatic amines is 1. The Morgan fingerprint density at radius 2 is 1.94 bits per heavy atom. The zero-order valence-electron chi connectivity index (χ0n) is 9.67. The molecular formula is C14H10ClFN2. The van der Waals surface area contributed by atoms with E-state index in [1.165, 1.54) is 0 Å². The third-order valence-corrected chi connectivity index (χ3v) is 3.22. The number of para-hydroxylation sites is 1. The van der Waals surface area contributed by atoms with Gasteiger partial charge < -0.3 is 4.98 Å². The summed E-state index contributed by atoms with van der Waals surface area (Å²) in [5.74, 6) is 0.243. The monoisotopic (exact) mass is 260 g/mol. The standard InChI is InChI=1S/C14H10ClFN2/c1-8-4-2-5-9(12(8)16)14-17-11-7-3-6-10(15)13(11)18-14/h2-7H,1H3,(H,17,18). The molecule has 1 aromatic heterocycles. The molecule has 90 valence electrons. The number of imidazole rings is 1. The molecule has 2 aromatic carbocycles. The minimum absolute atomic E-state index is 0.257. The van der Waals surface area contributed by atoms with Gasteiger partial charge in [-0.15, -0.1) is 0 Å². The molecule has 0 aliphatic rings. The lowest BCUT2D eigenvalue weighted by atomic mass is 10.1. The predicted molar refractivity (Wildman–Crippen MR) is 71.2 cm³/mol. The number of aryl methyl sites for hydroxylation is 1. The number of aromatic nitrogens is 2. The van der Waals surface area contributed by atoms with Crippen LogP contribution in [0.3, 0.4) is 0 Å². The molecule has 2 nitrogen and oxygen atoms in total. The first-order valence-corrected chi connectivity index (χ1v) is 5.94. The molecule has 18 heavy (non-hydrogen) atoms. The van der Waals surface area contributed by atoms with Crippen molar-refractivity contribution in [3.63, 3.8) is 0 Å². The van der Waals surface area contributed by atoms with Crippen LogP contribution in [0.2, 0.25) is 5.02 Å². The van der Waals surface area contributed by atoms with E-state index in [1.54, 1.807) is 25.1 Å². The fraction of sp³-hybridized carbons (Fsp3) is 0.0714. The molecule has 3 rings (SSSR count). The van der Waals surface area contributed by atoms with Crippen LogP contribution < -0.4 is 0 Å². The molecule has 0 aliphatic carbocycles. The number of rotatable bonds is 1. The molecule has 0 aliphatic heterocycles. The van der Waals surface area contributed by atoms with Crippen LogP contribution in [0.25, 0.3) is 22.4 Å². The molecule has 0 radical (unpaired) electrons. The van der Waals surface area contributed by atoms with E-state index in [1.807, 2.05) is 18.2 Å². The predicted octanol–water partition coefficient (Wildman–Crippen LogP) is 4.33. The van der Waals surface area contributed by atoms with E-state index in [0.717, 1.165) is 5.52 Å². The van der Waals surface area contributed by atoms with Gasteiger partial charge >= 0.3 is 0 Å². The van der Waals surface area contributed by atoms with E-state index >= 15 is 0 Å². The highest BCUT2D eigenvalue weighted by molar-refractivity contribution is 6.34. The lowest BCUT2D eigenvalue weighted by Crippen LogP contribution is -1.89. The Labute approximate surface area is 108 Å². The Hall–Kier alpha value is -1.87. The lowest BCUT2D eigenvalue weighted by molar-refractivity contribution is 0.621. The second-order valence-electron chi connectivity index (χ2n) is 4.16. The topological polar surface area (TPSA) is 28.7 Å². The van der Waals surface area contributed by atoms with Gasteiger partial charge in [-0.2, -0.15) is 0 Å².